The molecule has 0 bridgehead atoms. The number of unbranched alkanes of at least 4 members (excludes halogenated alkanes) is 1. The Kier molecular flexibility index (Phi) is 8.37. The molecule has 34 heavy (non-hydrogen) atoms. The van der Waals surface area contributed by atoms with Gasteiger partial charge in [-0.2, -0.15) is 4.39 Å². The number of hydrogen-bond donors (Lipinski definition) is 0. The van der Waals surface area contributed by atoms with Gasteiger partial charge in [0.15, 0.2) is 11.6 Å². The predicted octanol–water partition coefficient (Wildman–Crippen LogP) is 8.93. The minimum Gasteiger partial charge on any atom is -0.491 e. The first-order chi connectivity index (χ1) is 16.6. The van der Waals surface area contributed by atoms with Crippen molar-refractivity contribution in [3.63, 3.8) is 0 Å². The molecule has 1 saturated carbocycles. The Morgan fingerprint density at radius 2 is 1.56 bits per heavy atom. The molecule has 3 aromatic rings. The number of hydrogen-bond acceptors (Lipinski definition) is 1. The fourth-order valence-corrected chi connectivity index (χ4v) is 5.11. The molecular weight excluding hydrogens is 426 g/mol. The molecular formula is C31H36F2O. The Hall–Kier alpha value is -2.68. The number of fused-ring (bicyclic) bond motifs is 1. The predicted molar refractivity (Wildman–Crippen MR) is 138 cm³/mol. The molecule has 0 aromatic heterocycles. The van der Waals surface area contributed by atoms with E-state index in [1.165, 1.54) is 49.7 Å². The van der Waals surface area contributed by atoms with Crippen LogP contribution in [0.2, 0.25) is 0 Å². The normalized spacial score (nSPS) is 18.6. The van der Waals surface area contributed by atoms with Crippen molar-refractivity contribution in [1.82, 2.24) is 0 Å². The lowest BCUT2D eigenvalue weighted by atomic mass is 9.78. The van der Waals surface area contributed by atoms with Crippen LogP contribution in [0.5, 0.6) is 5.75 Å². The van der Waals surface area contributed by atoms with Crippen molar-refractivity contribution in [2.75, 3.05) is 6.61 Å². The highest BCUT2D eigenvalue weighted by Gasteiger charge is 2.20. The Balaban J connectivity index is 1.35. The summed E-state index contributed by atoms with van der Waals surface area (Å²) in [7, 11) is 0. The van der Waals surface area contributed by atoms with Gasteiger partial charge in [-0.15, -0.1) is 0 Å². The van der Waals surface area contributed by atoms with Crippen molar-refractivity contribution in [2.24, 2.45) is 5.92 Å². The summed E-state index contributed by atoms with van der Waals surface area (Å²) in [6.07, 6.45) is 14.0. The molecule has 4 rings (SSSR count). The summed E-state index contributed by atoms with van der Waals surface area (Å²) in [5, 5.41) is 0.972. The monoisotopic (exact) mass is 462 g/mol. The molecule has 0 atom stereocenters. The topological polar surface area (TPSA) is 9.23 Å². The van der Waals surface area contributed by atoms with E-state index in [0.29, 0.717) is 23.3 Å². The van der Waals surface area contributed by atoms with E-state index in [0.717, 1.165) is 24.3 Å². The van der Waals surface area contributed by atoms with Gasteiger partial charge in [-0.3, -0.25) is 0 Å². The maximum atomic E-state index is 14.6. The molecule has 3 aromatic carbocycles. The van der Waals surface area contributed by atoms with Gasteiger partial charge in [0, 0.05) is 5.39 Å². The third kappa shape index (κ3) is 5.87. The fraction of sp³-hybridized carbons (Fsp3) is 0.419. The lowest BCUT2D eigenvalue weighted by Gasteiger charge is -2.27. The molecule has 0 spiro atoms. The van der Waals surface area contributed by atoms with Gasteiger partial charge in [0.25, 0.3) is 0 Å². The van der Waals surface area contributed by atoms with Gasteiger partial charge >= 0.3 is 0 Å². The molecule has 0 aliphatic heterocycles. The number of halogens is 2. The van der Waals surface area contributed by atoms with E-state index < -0.39 is 11.6 Å². The van der Waals surface area contributed by atoms with Crippen LogP contribution in [0.3, 0.4) is 0 Å². The van der Waals surface area contributed by atoms with Crippen LogP contribution < -0.4 is 4.74 Å². The highest BCUT2D eigenvalue weighted by molar-refractivity contribution is 5.85. The number of allylic oxidation sites excluding steroid dienone is 2. The third-order valence-electron chi connectivity index (χ3n) is 7.14. The van der Waals surface area contributed by atoms with E-state index in [4.69, 9.17) is 4.74 Å². The van der Waals surface area contributed by atoms with Crippen molar-refractivity contribution >= 4 is 10.8 Å². The zero-order valence-electron chi connectivity index (χ0n) is 20.5. The first kappa shape index (κ1) is 24.4. The quantitative estimate of drug-likeness (QED) is 0.288. The molecule has 0 amide bonds. The molecule has 1 fully saturated rings. The van der Waals surface area contributed by atoms with Gasteiger partial charge in [0.2, 0.25) is 5.82 Å². The smallest absolute Gasteiger partial charge is 0.201 e. The summed E-state index contributed by atoms with van der Waals surface area (Å²) in [6.45, 7) is 4.29. The second kappa shape index (κ2) is 11.6. The SMILES string of the molecule is CCC/C=C/C1CCC(c2ccc(CCc3ccc4cc(OCC)c(F)c(F)c4c3)cc2)CC1. The summed E-state index contributed by atoms with van der Waals surface area (Å²) >= 11 is 0. The minimum atomic E-state index is -0.909. The lowest BCUT2D eigenvalue weighted by Crippen LogP contribution is -2.11. The average molecular weight is 463 g/mol. The van der Waals surface area contributed by atoms with Gasteiger partial charge in [-0.25, -0.2) is 4.39 Å². The Morgan fingerprint density at radius 3 is 2.26 bits per heavy atom. The molecule has 1 aliphatic carbocycles. The van der Waals surface area contributed by atoms with Crippen LogP contribution in [0.25, 0.3) is 10.8 Å². The third-order valence-corrected chi connectivity index (χ3v) is 7.14. The average Bonchev–Trinajstić information content (AvgIpc) is 2.87. The summed E-state index contributed by atoms with van der Waals surface area (Å²) in [6, 6.07) is 16.2. The molecule has 180 valence electrons. The first-order valence-electron chi connectivity index (χ1n) is 12.9. The van der Waals surface area contributed by atoms with Crippen molar-refractivity contribution in [3.05, 3.63) is 89.0 Å². The Labute approximate surface area is 202 Å². The number of benzene rings is 3. The Bertz CT molecular complexity index is 1110. The first-order valence-corrected chi connectivity index (χ1v) is 12.9. The van der Waals surface area contributed by atoms with Crippen LogP contribution in [-0.4, -0.2) is 6.61 Å². The minimum absolute atomic E-state index is 0.0261. The van der Waals surface area contributed by atoms with Gasteiger partial charge < -0.3 is 4.74 Å². The van der Waals surface area contributed by atoms with Crippen LogP contribution in [0.15, 0.2) is 60.7 Å². The van der Waals surface area contributed by atoms with Crippen LogP contribution in [0.1, 0.15) is 75.0 Å². The summed E-state index contributed by atoms with van der Waals surface area (Å²) in [5.41, 5.74) is 3.74. The molecule has 0 N–H and O–H groups in total. The molecule has 0 radical (unpaired) electrons. The highest BCUT2D eigenvalue weighted by Crippen LogP contribution is 2.36. The molecule has 1 aliphatic rings. The van der Waals surface area contributed by atoms with Crippen molar-refractivity contribution in [3.8, 4) is 5.75 Å². The summed E-state index contributed by atoms with van der Waals surface area (Å²) in [5.74, 6) is -0.337. The van der Waals surface area contributed by atoms with Gasteiger partial charge in [0.05, 0.1) is 6.61 Å². The fourth-order valence-electron chi connectivity index (χ4n) is 5.11. The number of rotatable bonds is 9. The van der Waals surface area contributed by atoms with Crippen LogP contribution >= 0.6 is 0 Å². The van der Waals surface area contributed by atoms with Crippen molar-refractivity contribution < 1.29 is 13.5 Å². The van der Waals surface area contributed by atoms with Crippen LogP contribution in [0.4, 0.5) is 8.78 Å². The summed E-state index contributed by atoms with van der Waals surface area (Å²) < 4.78 is 34.1. The van der Waals surface area contributed by atoms with Crippen LogP contribution in [0, 0.1) is 17.6 Å². The number of ether oxygens (including phenoxy) is 1. The lowest BCUT2D eigenvalue weighted by molar-refractivity contribution is 0.315. The van der Waals surface area contributed by atoms with Gasteiger partial charge in [-0.1, -0.05) is 61.9 Å². The maximum Gasteiger partial charge on any atom is 0.201 e. The van der Waals surface area contributed by atoms with E-state index in [1.807, 2.05) is 12.1 Å². The molecule has 0 unspecified atom stereocenters. The molecule has 0 saturated heterocycles. The largest absolute Gasteiger partial charge is 0.491 e. The Morgan fingerprint density at radius 1 is 0.853 bits per heavy atom. The molecule has 0 heterocycles. The van der Waals surface area contributed by atoms with Gasteiger partial charge in [0.1, 0.15) is 0 Å². The van der Waals surface area contributed by atoms with E-state index in [2.05, 4.69) is 43.3 Å². The standard InChI is InChI=1S/C31H36F2O/c1-3-5-6-7-22-10-15-25(16-11-22)26-17-12-23(13-18-26)8-9-24-14-19-27-21-29(34-4-2)31(33)30(32)28(27)20-24/h6-7,12-14,17-22,25H,3-5,8-11,15-16H2,1-2H3/b7-6+. The van der Waals surface area contributed by atoms with E-state index in [1.54, 1.807) is 19.1 Å². The van der Waals surface area contributed by atoms with E-state index >= 15 is 0 Å². The van der Waals surface area contributed by atoms with Crippen molar-refractivity contribution in [2.45, 2.75) is 71.1 Å². The zero-order valence-corrected chi connectivity index (χ0v) is 20.5. The molecule has 3 heteroatoms. The van der Waals surface area contributed by atoms with Crippen LogP contribution in [-0.2, 0) is 12.8 Å². The highest BCUT2D eigenvalue weighted by atomic mass is 19.2. The zero-order chi connectivity index (χ0) is 23.9. The maximum absolute atomic E-state index is 14.6. The van der Waals surface area contributed by atoms with E-state index in [-0.39, 0.29) is 5.75 Å². The second-order valence-electron chi connectivity index (χ2n) is 9.56. The van der Waals surface area contributed by atoms with E-state index in [9.17, 15) is 8.78 Å². The van der Waals surface area contributed by atoms with Crippen molar-refractivity contribution in [1.29, 1.82) is 0 Å². The number of aryl methyl sites for hydroxylation is 2. The molecule has 1 nitrogen and oxygen atoms in total. The van der Waals surface area contributed by atoms with Gasteiger partial charge in [-0.05, 0) is 97.9 Å². The summed E-state index contributed by atoms with van der Waals surface area (Å²) in [4.78, 5) is 0. The second-order valence-corrected chi connectivity index (χ2v) is 9.56.